The zero-order valence-corrected chi connectivity index (χ0v) is 28.2. The van der Waals surface area contributed by atoms with Crippen LogP contribution in [0.5, 0.6) is 0 Å². The Kier molecular flexibility index (Phi) is 7.10. The van der Waals surface area contributed by atoms with Crippen LogP contribution in [0.3, 0.4) is 0 Å². The maximum atomic E-state index is 6.58. The first-order chi connectivity index (χ1) is 25.8. The van der Waals surface area contributed by atoms with Gasteiger partial charge in [0.2, 0.25) is 0 Å². The van der Waals surface area contributed by atoms with Gasteiger partial charge in [-0.1, -0.05) is 103 Å². The molecule has 4 nitrogen and oxygen atoms in total. The summed E-state index contributed by atoms with van der Waals surface area (Å²) in [4.78, 5) is 4.61. The molecule has 4 heteroatoms. The Hall–Kier alpha value is -7.04. The van der Waals surface area contributed by atoms with Crippen LogP contribution < -0.4 is 9.80 Å². The predicted octanol–water partition coefficient (Wildman–Crippen LogP) is 14.1. The Labute approximate surface area is 301 Å². The first-order valence-corrected chi connectivity index (χ1v) is 17.5. The van der Waals surface area contributed by atoms with Gasteiger partial charge < -0.3 is 18.6 Å². The van der Waals surface area contributed by atoms with Gasteiger partial charge in [-0.2, -0.15) is 0 Å². The summed E-state index contributed by atoms with van der Waals surface area (Å²) in [5.74, 6) is 0. The van der Waals surface area contributed by atoms with Crippen LogP contribution >= 0.6 is 0 Å². The highest BCUT2D eigenvalue weighted by molar-refractivity contribution is 6.15. The highest BCUT2D eigenvalue weighted by Crippen LogP contribution is 2.46. The van der Waals surface area contributed by atoms with E-state index in [9.17, 15) is 0 Å². The molecule has 0 fully saturated rings. The number of nitrogens with zero attached hydrogens (tertiary/aromatic N) is 2. The fraction of sp³-hybridized carbons (Fsp3) is 0. The standard InChI is InChI=1S/C48H32N2O2/c1-4-13-33(14-5-1)34-23-25-37(26-24-34)50(39-27-29-41-40-19-10-11-21-44(40)52-47(41)32-39)43-20-12-22-46-48(43)42-31-38(28-30-45(42)51-46)49(35-15-6-2-7-16-35)36-17-8-3-9-18-36/h1-32H. The van der Waals surface area contributed by atoms with E-state index in [1.54, 1.807) is 0 Å². The summed E-state index contributed by atoms with van der Waals surface area (Å²) in [5, 5.41) is 4.28. The van der Waals surface area contributed by atoms with Crippen molar-refractivity contribution >= 4 is 78.0 Å². The second kappa shape index (κ2) is 12.4. The predicted molar refractivity (Wildman–Crippen MR) is 216 cm³/mol. The van der Waals surface area contributed by atoms with E-state index in [1.807, 2.05) is 18.2 Å². The molecule has 52 heavy (non-hydrogen) atoms. The smallest absolute Gasteiger partial charge is 0.137 e. The average molecular weight is 669 g/mol. The molecule has 246 valence electrons. The van der Waals surface area contributed by atoms with Gasteiger partial charge in [0.15, 0.2) is 0 Å². The molecular weight excluding hydrogens is 637 g/mol. The van der Waals surface area contributed by atoms with Gasteiger partial charge in [0.25, 0.3) is 0 Å². The zero-order chi connectivity index (χ0) is 34.4. The summed E-state index contributed by atoms with van der Waals surface area (Å²) in [5.41, 5.74) is 12.0. The summed E-state index contributed by atoms with van der Waals surface area (Å²) in [7, 11) is 0. The molecule has 0 unspecified atom stereocenters. The lowest BCUT2D eigenvalue weighted by atomic mass is 10.0. The molecule has 2 heterocycles. The molecule has 0 bridgehead atoms. The number of benzene rings is 8. The van der Waals surface area contributed by atoms with E-state index < -0.39 is 0 Å². The normalized spacial score (nSPS) is 11.5. The van der Waals surface area contributed by atoms with Crippen LogP contribution in [0.15, 0.2) is 203 Å². The molecule has 10 rings (SSSR count). The third-order valence-electron chi connectivity index (χ3n) is 9.84. The van der Waals surface area contributed by atoms with Gasteiger partial charge in [-0.05, 0) is 96.1 Å². The van der Waals surface area contributed by atoms with Gasteiger partial charge >= 0.3 is 0 Å². The van der Waals surface area contributed by atoms with Gasteiger partial charge in [-0.3, -0.25) is 0 Å². The van der Waals surface area contributed by atoms with E-state index in [0.717, 1.165) is 83.6 Å². The van der Waals surface area contributed by atoms with Gasteiger partial charge in [-0.15, -0.1) is 0 Å². The molecule has 0 amide bonds. The van der Waals surface area contributed by atoms with E-state index in [4.69, 9.17) is 8.83 Å². The molecule has 0 radical (unpaired) electrons. The molecule has 0 N–H and O–H groups in total. The van der Waals surface area contributed by atoms with Crippen molar-refractivity contribution in [3.05, 3.63) is 194 Å². The van der Waals surface area contributed by atoms with Crippen molar-refractivity contribution in [3.63, 3.8) is 0 Å². The van der Waals surface area contributed by atoms with Crippen LogP contribution in [0, 0.1) is 0 Å². The molecule has 0 aliphatic carbocycles. The minimum Gasteiger partial charge on any atom is -0.456 e. The number of para-hydroxylation sites is 3. The van der Waals surface area contributed by atoms with E-state index in [-0.39, 0.29) is 0 Å². The quantitative estimate of drug-likeness (QED) is 0.169. The van der Waals surface area contributed by atoms with Crippen LogP contribution in [0.1, 0.15) is 0 Å². The minimum absolute atomic E-state index is 0.825. The SMILES string of the molecule is c1ccc(-c2ccc(N(c3ccc4c(c3)oc3ccccc34)c3cccc4oc5ccc(N(c6ccccc6)c6ccccc6)cc5c34)cc2)cc1. The maximum absolute atomic E-state index is 6.58. The van der Waals surface area contributed by atoms with Crippen molar-refractivity contribution in [1.82, 2.24) is 0 Å². The first-order valence-electron chi connectivity index (χ1n) is 17.5. The second-order valence-electron chi connectivity index (χ2n) is 13.0. The lowest BCUT2D eigenvalue weighted by Crippen LogP contribution is -2.10. The minimum atomic E-state index is 0.825. The molecule has 10 aromatic rings. The van der Waals surface area contributed by atoms with Crippen LogP contribution in [-0.4, -0.2) is 0 Å². The third kappa shape index (κ3) is 5.09. The van der Waals surface area contributed by atoms with Gasteiger partial charge in [-0.25, -0.2) is 0 Å². The monoisotopic (exact) mass is 668 g/mol. The Balaban J connectivity index is 1.19. The number of hydrogen-bond donors (Lipinski definition) is 0. The highest BCUT2D eigenvalue weighted by atomic mass is 16.3. The highest BCUT2D eigenvalue weighted by Gasteiger charge is 2.22. The van der Waals surface area contributed by atoms with Crippen LogP contribution in [0.4, 0.5) is 34.1 Å². The third-order valence-corrected chi connectivity index (χ3v) is 9.84. The molecule has 0 aliphatic rings. The van der Waals surface area contributed by atoms with Crippen molar-refractivity contribution in [2.75, 3.05) is 9.80 Å². The van der Waals surface area contributed by atoms with Crippen LogP contribution in [-0.2, 0) is 0 Å². The van der Waals surface area contributed by atoms with Gasteiger partial charge in [0.1, 0.15) is 22.3 Å². The number of furan rings is 2. The Bertz CT molecular complexity index is 2800. The van der Waals surface area contributed by atoms with E-state index >= 15 is 0 Å². The lowest BCUT2D eigenvalue weighted by molar-refractivity contribution is 0.669. The summed E-state index contributed by atoms with van der Waals surface area (Å²) in [6.45, 7) is 0. The van der Waals surface area contributed by atoms with Crippen LogP contribution in [0.25, 0.3) is 55.0 Å². The zero-order valence-electron chi connectivity index (χ0n) is 28.2. The molecule has 2 aromatic heterocycles. The molecule has 0 spiro atoms. The first kappa shape index (κ1) is 29.8. The van der Waals surface area contributed by atoms with Gasteiger partial charge in [0, 0.05) is 50.7 Å². The number of fused-ring (bicyclic) bond motifs is 6. The van der Waals surface area contributed by atoms with Crippen molar-refractivity contribution in [1.29, 1.82) is 0 Å². The Morgan fingerprint density at radius 2 is 0.808 bits per heavy atom. The van der Waals surface area contributed by atoms with Crippen molar-refractivity contribution in [3.8, 4) is 11.1 Å². The number of hydrogen-bond acceptors (Lipinski definition) is 4. The van der Waals surface area contributed by atoms with Gasteiger partial charge in [0.05, 0.1) is 11.1 Å². The maximum Gasteiger partial charge on any atom is 0.137 e. The second-order valence-corrected chi connectivity index (χ2v) is 13.0. The number of rotatable bonds is 7. The summed E-state index contributed by atoms with van der Waals surface area (Å²) >= 11 is 0. The lowest BCUT2D eigenvalue weighted by Gasteiger charge is -2.27. The number of anilines is 6. The molecule has 8 aromatic carbocycles. The van der Waals surface area contributed by atoms with Crippen molar-refractivity contribution in [2.24, 2.45) is 0 Å². The van der Waals surface area contributed by atoms with Crippen LogP contribution in [0.2, 0.25) is 0 Å². The summed E-state index contributed by atoms with van der Waals surface area (Å²) in [6.07, 6.45) is 0. The molecule has 0 saturated carbocycles. The van der Waals surface area contributed by atoms with E-state index in [1.165, 1.54) is 5.56 Å². The summed E-state index contributed by atoms with van der Waals surface area (Å²) < 4.78 is 13.0. The molecule has 0 saturated heterocycles. The largest absolute Gasteiger partial charge is 0.456 e. The van der Waals surface area contributed by atoms with Crippen molar-refractivity contribution < 1.29 is 8.83 Å². The van der Waals surface area contributed by atoms with E-state index in [0.29, 0.717) is 0 Å². The fourth-order valence-corrected chi connectivity index (χ4v) is 7.44. The Morgan fingerprint density at radius 3 is 1.56 bits per heavy atom. The topological polar surface area (TPSA) is 32.8 Å². The van der Waals surface area contributed by atoms with E-state index in [2.05, 4.69) is 186 Å². The molecule has 0 aliphatic heterocycles. The fourth-order valence-electron chi connectivity index (χ4n) is 7.44. The molecular formula is C48H32N2O2. The average Bonchev–Trinajstić information content (AvgIpc) is 3.78. The summed E-state index contributed by atoms with van der Waals surface area (Å²) in [6, 6.07) is 67.8. The molecule has 0 atom stereocenters. The van der Waals surface area contributed by atoms with Crippen molar-refractivity contribution in [2.45, 2.75) is 0 Å². The Morgan fingerprint density at radius 1 is 0.288 bits per heavy atom.